The number of hydrogen-bond acceptors (Lipinski definition) is 5. The molecule has 2 N–H and O–H groups in total. The van der Waals surface area contributed by atoms with Crippen LogP contribution in [0.2, 0.25) is 0 Å². The van der Waals surface area contributed by atoms with Crippen molar-refractivity contribution in [2.75, 3.05) is 17.2 Å². The Morgan fingerprint density at radius 2 is 2.03 bits per heavy atom. The summed E-state index contributed by atoms with van der Waals surface area (Å²) in [5, 5.41) is 6.00. The summed E-state index contributed by atoms with van der Waals surface area (Å²) >= 11 is 1.35. The van der Waals surface area contributed by atoms with Crippen molar-refractivity contribution < 1.29 is 18.7 Å². The first-order chi connectivity index (χ1) is 14.0. The van der Waals surface area contributed by atoms with E-state index in [1.165, 1.54) is 23.5 Å². The lowest BCUT2D eigenvalue weighted by Crippen LogP contribution is -2.21. The van der Waals surface area contributed by atoms with Gasteiger partial charge in [0, 0.05) is 22.5 Å². The maximum Gasteiger partial charge on any atom is 0.264 e. The third-order valence-electron chi connectivity index (χ3n) is 4.50. The first kappa shape index (κ1) is 19.1. The zero-order valence-corrected chi connectivity index (χ0v) is 16.4. The molecule has 3 aromatic rings. The Balaban J connectivity index is 1.37. The Kier molecular flexibility index (Phi) is 5.26. The molecule has 4 rings (SSSR count). The molecule has 0 saturated heterocycles. The smallest absolute Gasteiger partial charge is 0.264 e. The summed E-state index contributed by atoms with van der Waals surface area (Å²) in [6, 6.07) is 11.4. The fourth-order valence-corrected chi connectivity index (χ4v) is 3.93. The summed E-state index contributed by atoms with van der Waals surface area (Å²) < 4.78 is 18.7. The molecule has 1 aromatic heterocycles. The average molecular weight is 411 g/mol. The minimum atomic E-state index is -0.324. The van der Waals surface area contributed by atoms with Gasteiger partial charge in [-0.05, 0) is 61.4 Å². The number of fused-ring (bicyclic) bond motifs is 1. The number of carbonyl (C=O) groups excluding carboxylic acids is 2. The molecule has 0 unspecified atom stereocenters. The van der Waals surface area contributed by atoms with Crippen LogP contribution < -0.4 is 15.4 Å². The molecule has 0 atom stereocenters. The van der Waals surface area contributed by atoms with E-state index in [2.05, 4.69) is 15.6 Å². The van der Waals surface area contributed by atoms with Crippen molar-refractivity contribution in [1.29, 1.82) is 0 Å². The van der Waals surface area contributed by atoms with Gasteiger partial charge in [0.15, 0.2) is 11.7 Å². The average Bonchev–Trinajstić information content (AvgIpc) is 3.07. The minimum Gasteiger partial charge on any atom is -0.484 e. The minimum absolute atomic E-state index is 0.00398. The van der Waals surface area contributed by atoms with Gasteiger partial charge in [-0.3, -0.25) is 14.9 Å². The van der Waals surface area contributed by atoms with Crippen molar-refractivity contribution in [3.05, 3.63) is 58.7 Å². The maximum atomic E-state index is 13.1. The van der Waals surface area contributed by atoms with Crippen LogP contribution in [-0.4, -0.2) is 23.4 Å². The summed E-state index contributed by atoms with van der Waals surface area (Å²) in [5.41, 5.74) is 3.27. The van der Waals surface area contributed by atoms with Crippen LogP contribution in [0.15, 0.2) is 42.5 Å². The van der Waals surface area contributed by atoms with Gasteiger partial charge < -0.3 is 10.1 Å². The van der Waals surface area contributed by atoms with Crippen LogP contribution in [-0.2, 0) is 16.0 Å². The van der Waals surface area contributed by atoms with Crippen molar-refractivity contribution in [1.82, 2.24) is 4.98 Å². The Morgan fingerprint density at radius 1 is 1.24 bits per heavy atom. The molecule has 0 aliphatic carbocycles. The first-order valence-electron chi connectivity index (χ1n) is 9.07. The standard InChI is InChI=1S/C21H18FN3O3S/c1-12-20(13-2-5-15(22)6-3-13)25-21(29-12)24-19(27)11-28-16-7-8-17-14(10-16)4-9-18(26)23-17/h2-3,5-8,10H,4,9,11H2,1H3,(H,23,26)(H,24,25,27). The summed E-state index contributed by atoms with van der Waals surface area (Å²) in [4.78, 5) is 29.0. The summed E-state index contributed by atoms with van der Waals surface area (Å²) in [5.74, 6) is -0.0611. The van der Waals surface area contributed by atoms with E-state index < -0.39 is 0 Å². The predicted molar refractivity (Wildman–Crippen MR) is 110 cm³/mol. The highest BCUT2D eigenvalue weighted by Gasteiger charge is 2.16. The number of aryl methyl sites for hydroxylation is 2. The fraction of sp³-hybridized carbons (Fsp3) is 0.190. The van der Waals surface area contributed by atoms with Crippen molar-refractivity contribution in [2.24, 2.45) is 0 Å². The lowest BCUT2D eigenvalue weighted by atomic mass is 10.0. The molecular formula is C21H18FN3O3S. The zero-order valence-electron chi connectivity index (χ0n) is 15.6. The molecule has 148 valence electrons. The second-order valence-corrected chi connectivity index (χ2v) is 7.84. The van der Waals surface area contributed by atoms with Gasteiger partial charge >= 0.3 is 0 Å². The topological polar surface area (TPSA) is 80.3 Å². The summed E-state index contributed by atoms with van der Waals surface area (Å²) in [7, 11) is 0. The Hall–Kier alpha value is -3.26. The number of amides is 2. The SMILES string of the molecule is Cc1sc(NC(=O)COc2ccc3c(c2)CCC(=O)N3)nc1-c1ccc(F)cc1. The maximum absolute atomic E-state index is 13.1. The van der Waals surface area contributed by atoms with Gasteiger partial charge in [-0.25, -0.2) is 9.37 Å². The molecule has 0 spiro atoms. The van der Waals surface area contributed by atoms with E-state index in [1.807, 2.05) is 13.0 Å². The highest BCUT2D eigenvalue weighted by Crippen LogP contribution is 2.30. The lowest BCUT2D eigenvalue weighted by molar-refractivity contribution is -0.118. The number of carbonyl (C=O) groups is 2. The number of nitrogens with one attached hydrogen (secondary N) is 2. The van der Waals surface area contributed by atoms with Gasteiger partial charge in [0.25, 0.3) is 5.91 Å². The Labute approximate surface area is 170 Å². The number of thiazole rings is 1. The van der Waals surface area contributed by atoms with Gasteiger partial charge in [-0.2, -0.15) is 0 Å². The third kappa shape index (κ3) is 4.43. The normalized spacial score (nSPS) is 12.8. The van der Waals surface area contributed by atoms with Gasteiger partial charge in [0.05, 0.1) is 5.69 Å². The molecule has 0 fully saturated rings. The van der Waals surface area contributed by atoms with Crippen molar-refractivity contribution in [2.45, 2.75) is 19.8 Å². The van der Waals surface area contributed by atoms with Crippen LogP contribution in [0.4, 0.5) is 15.2 Å². The number of nitrogens with zero attached hydrogens (tertiary/aromatic N) is 1. The highest BCUT2D eigenvalue weighted by molar-refractivity contribution is 7.16. The third-order valence-corrected chi connectivity index (χ3v) is 5.39. The monoisotopic (exact) mass is 411 g/mol. The van der Waals surface area contributed by atoms with E-state index in [0.29, 0.717) is 29.4 Å². The van der Waals surface area contributed by atoms with Crippen molar-refractivity contribution in [3.8, 4) is 17.0 Å². The molecule has 1 aliphatic rings. The van der Waals surface area contributed by atoms with Crippen LogP contribution in [0.3, 0.4) is 0 Å². The van der Waals surface area contributed by atoms with Crippen LogP contribution in [0.5, 0.6) is 5.75 Å². The molecule has 2 amide bonds. The van der Waals surface area contributed by atoms with E-state index in [4.69, 9.17) is 4.74 Å². The molecule has 2 heterocycles. The summed E-state index contributed by atoms with van der Waals surface area (Å²) in [6.45, 7) is 1.74. The molecule has 0 saturated carbocycles. The van der Waals surface area contributed by atoms with Gasteiger partial charge in [0.2, 0.25) is 5.91 Å². The van der Waals surface area contributed by atoms with E-state index in [-0.39, 0.29) is 24.2 Å². The second kappa shape index (κ2) is 8.00. The number of benzene rings is 2. The van der Waals surface area contributed by atoms with Gasteiger partial charge in [-0.15, -0.1) is 11.3 Å². The number of aromatic nitrogens is 1. The van der Waals surface area contributed by atoms with Gasteiger partial charge in [0.1, 0.15) is 11.6 Å². The predicted octanol–water partition coefficient (Wildman–Crippen LogP) is 4.16. The Morgan fingerprint density at radius 3 is 2.83 bits per heavy atom. The van der Waals surface area contributed by atoms with Gasteiger partial charge in [-0.1, -0.05) is 0 Å². The van der Waals surface area contributed by atoms with E-state index in [1.54, 1.807) is 24.3 Å². The summed E-state index contributed by atoms with van der Waals surface area (Å²) in [6.07, 6.45) is 1.09. The quantitative estimate of drug-likeness (QED) is 0.661. The van der Waals surface area contributed by atoms with E-state index >= 15 is 0 Å². The lowest BCUT2D eigenvalue weighted by Gasteiger charge is -2.17. The van der Waals surface area contributed by atoms with Crippen LogP contribution in [0.1, 0.15) is 16.9 Å². The number of rotatable bonds is 5. The van der Waals surface area contributed by atoms with Crippen molar-refractivity contribution >= 4 is 34.0 Å². The van der Waals surface area contributed by atoms with E-state index in [0.717, 1.165) is 21.7 Å². The number of halogens is 1. The van der Waals surface area contributed by atoms with Crippen molar-refractivity contribution in [3.63, 3.8) is 0 Å². The number of ether oxygens (including phenoxy) is 1. The zero-order chi connectivity index (χ0) is 20.4. The first-order valence-corrected chi connectivity index (χ1v) is 9.88. The number of anilines is 2. The largest absolute Gasteiger partial charge is 0.484 e. The highest BCUT2D eigenvalue weighted by atomic mass is 32.1. The van der Waals surface area contributed by atoms with E-state index in [9.17, 15) is 14.0 Å². The Bertz CT molecular complexity index is 1080. The molecule has 1 aliphatic heterocycles. The molecule has 6 nitrogen and oxygen atoms in total. The molecular weight excluding hydrogens is 393 g/mol. The van der Waals surface area contributed by atoms with Crippen LogP contribution in [0.25, 0.3) is 11.3 Å². The molecule has 8 heteroatoms. The molecule has 0 radical (unpaired) electrons. The van der Waals surface area contributed by atoms with Crippen LogP contribution in [0, 0.1) is 12.7 Å². The molecule has 0 bridgehead atoms. The molecule has 29 heavy (non-hydrogen) atoms. The fourth-order valence-electron chi connectivity index (χ4n) is 3.08. The number of hydrogen-bond donors (Lipinski definition) is 2. The second-order valence-electron chi connectivity index (χ2n) is 6.63. The molecule has 2 aromatic carbocycles. The van der Waals surface area contributed by atoms with Crippen LogP contribution >= 0.6 is 11.3 Å².